The van der Waals surface area contributed by atoms with Crippen molar-refractivity contribution >= 4 is 17.3 Å². The maximum absolute atomic E-state index is 10.6. The third-order valence-corrected chi connectivity index (χ3v) is 2.59. The Bertz CT molecular complexity index is 412. The summed E-state index contributed by atoms with van der Waals surface area (Å²) in [7, 11) is 1.32. The van der Waals surface area contributed by atoms with Crippen LogP contribution in [-0.2, 0) is 0 Å². The molecule has 0 heterocycles. The van der Waals surface area contributed by atoms with Gasteiger partial charge in [-0.2, -0.15) is 0 Å². The molecule has 2 unspecified atom stereocenters. The Kier molecular flexibility index (Phi) is 4.68. The predicted octanol–water partition coefficient (Wildman–Crippen LogP) is 1.24. The molecule has 2 atom stereocenters. The number of hydrogen-bond acceptors (Lipinski definition) is 5. The van der Waals surface area contributed by atoms with E-state index >= 15 is 0 Å². The number of alkyl halides is 1. The minimum Gasteiger partial charge on any atom is -0.496 e. The first-order chi connectivity index (χ1) is 8.01. The van der Waals surface area contributed by atoms with Crippen molar-refractivity contribution in [3.05, 3.63) is 33.9 Å². The van der Waals surface area contributed by atoms with Gasteiger partial charge in [0.05, 0.1) is 30.1 Å². The highest BCUT2D eigenvalue weighted by Crippen LogP contribution is 2.31. The number of aliphatic hydroxyl groups excluding tert-OH is 2. The van der Waals surface area contributed by atoms with Crippen molar-refractivity contribution in [2.45, 2.75) is 12.2 Å². The van der Waals surface area contributed by atoms with Crippen LogP contribution in [0.15, 0.2) is 18.2 Å². The summed E-state index contributed by atoms with van der Waals surface area (Å²) in [5.41, 5.74) is 0.101. The van der Waals surface area contributed by atoms with Crippen molar-refractivity contribution in [1.82, 2.24) is 0 Å². The van der Waals surface area contributed by atoms with Crippen LogP contribution in [0.1, 0.15) is 11.7 Å². The fraction of sp³-hybridized carbons (Fsp3) is 0.400. The van der Waals surface area contributed by atoms with Gasteiger partial charge in [0.25, 0.3) is 5.69 Å². The van der Waals surface area contributed by atoms with Crippen LogP contribution in [-0.4, -0.2) is 34.2 Å². The van der Waals surface area contributed by atoms with E-state index in [0.717, 1.165) is 0 Å². The van der Waals surface area contributed by atoms with Gasteiger partial charge < -0.3 is 14.9 Å². The minimum absolute atomic E-state index is 0.135. The van der Waals surface area contributed by atoms with Gasteiger partial charge in [0.1, 0.15) is 11.9 Å². The fourth-order valence-corrected chi connectivity index (χ4v) is 1.52. The van der Waals surface area contributed by atoms with Crippen LogP contribution in [0.4, 0.5) is 5.69 Å². The number of nitro groups is 1. The van der Waals surface area contributed by atoms with E-state index in [1.54, 1.807) is 0 Å². The number of nitrogens with zero attached hydrogens (tertiary/aromatic N) is 1. The molecular formula is C10H12ClNO5. The second kappa shape index (κ2) is 5.81. The van der Waals surface area contributed by atoms with Crippen LogP contribution in [0.3, 0.4) is 0 Å². The molecule has 0 saturated heterocycles. The summed E-state index contributed by atoms with van der Waals surface area (Å²) < 4.78 is 4.93. The smallest absolute Gasteiger partial charge is 0.273 e. The molecule has 7 heteroatoms. The lowest BCUT2D eigenvalue weighted by molar-refractivity contribution is -0.385. The number of non-ortho nitro benzene ring substituents is 1. The summed E-state index contributed by atoms with van der Waals surface area (Å²) in [6.07, 6.45) is -2.41. The first-order valence-electron chi connectivity index (χ1n) is 4.75. The van der Waals surface area contributed by atoms with E-state index in [-0.39, 0.29) is 22.9 Å². The van der Waals surface area contributed by atoms with Crippen molar-refractivity contribution < 1.29 is 19.9 Å². The van der Waals surface area contributed by atoms with Gasteiger partial charge in [-0.3, -0.25) is 10.1 Å². The molecule has 0 saturated carbocycles. The van der Waals surface area contributed by atoms with Gasteiger partial charge in [0.2, 0.25) is 0 Å². The number of benzene rings is 1. The lowest BCUT2D eigenvalue weighted by Crippen LogP contribution is -2.20. The standard InChI is InChI=1S/C10H12ClNO5/c1-17-9-4-6(12(15)16)2-3-7(9)10(14)8(13)5-11/h2-4,8,10,13-14H,5H2,1H3. The summed E-state index contributed by atoms with van der Waals surface area (Å²) in [6.45, 7) is 0. The molecule has 0 radical (unpaired) electrons. The van der Waals surface area contributed by atoms with E-state index in [4.69, 9.17) is 16.3 Å². The molecule has 0 aliphatic carbocycles. The number of aliphatic hydroxyl groups is 2. The van der Waals surface area contributed by atoms with Crippen LogP contribution in [0.2, 0.25) is 0 Å². The lowest BCUT2D eigenvalue weighted by Gasteiger charge is -2.18. The van der Waals surface area contributed by atoms with Crippen molar-refractivity contribution in [2.24, 2.45) is 0 Å². The highest BCUT2D eigenvalue weighted by Gasteiger charge is 2.22. The summed E-state index contributed by atoms with van der Waals surface area (Å²) >= 11 is 5.41. The molecule has 1 rings (SSSR count). The average molecular weight is 262 g/mol. The Labute approximate surface area is 103 Å². The van der Waals surface area contributed by atoms with Gasteiger partial charge in [-0.25, -0.2) is 0 Å². The molecule has 2 N–H and O–H groups in total. The molecule has 94 valence electrons. The third kappa shape index (κ3) is 3.06. The quantitative estimate of drug-likeness (QED) is 0.472. The summed E-state index contributed by atoms with van der Waals surface area (Å²) in [6, 6.07) is 3.74. The number of rotatable bonds is 5. The van der Waals surface area contributed by atoms with E-state index in [1.165, 1.54) is 25.3 Å². The first-order valence-corrected chi connectivity index (χ1v) is 5.29. The maximum Gasteiger partial charge on any atom is 0.273 e. The zero-order valence-electron chi connectivity index (χ0n) is 9.04. The normalized spacial score (nSPS) is 14.1. The van der Waals surface area contributed by atoms with Gasteiger partial charge in [0, 0.05) is 11.6 Å². The Morgan fingerprint density at radius 1 is 1.53 bits per heavy atom. The second-order valence-corrected chi connectivity index (χ2v) is 3.66. The molecule has 17 heavy (non-hydrogen) atoms. The predicted molar refractivity (Wildman–Crippen MR) is 61.3 cm³/mol. The van der Waals surface area contributed by atoms with Crippen molar-refractivity contribution in [3.63, 3.8) is 0 Å². The molecule has 0 bridgehead atoms. The Morgan fingerprint density at radius 2 is 2.18 bits per heavy atom. The Hall–Kier alpha value is -1.37. The van der Waals surface area contributed by atoms with E-state index in [1.807, 2.05) is 0 Å². The molecule has 0 aromatic heterocycles. The average Bonchev–Trinajstić information content (AvgIpc) is 2.35. The van der Waals surface area contributed by atoms with E-state index in [9.17, 15) is 20.3 Å². The summed E-state index contributed by atoms with van der Waals surface area (Å²) in [5, 5.41) is 29.7. The molecule has 0 spiro atoms. The molecule has 0 aliphatic rings. The maximum atomic E-state index is 10.6. The SMILES string of the molecule is COc1cc([N+](=O)[O-])ccc1C(O)C(O)CCl. The van der Waals surface area contributed by atoms with Gasteiger partial charge in [0.15, 0.2) is 0 Å². The zero-order valence-corrected chi connectivity index (χ0v) is 9.79. The number of methoxy groups -OCH3 is 1. The molecule has 6 nitrogen and oxygen atoms in total. The number of nitro benzene ring substituents is 1. The van der Waals surface area contributed by atoms with Crippen LogP contribution >= 0.6 is 11.6 Å². The number of hydrogen-bond donors (Lipinski definition) is 2. The van der Waals surface area contributed by atoms with Gasteiger partial charge in [-0.05, 0) is 6.07 Å². The highest BCUT2D eigenvalue weighted by atomic mass is 35.5. The zero-order chi connectivity index (χ0) is 13.0. The highest BCUT2D eigenvalue weighted by molar-refractivity contribution is 6.18. The van der Waals surface area contributed by atoms with E-state index in [0.29, 0.717) is 0 Å². The molecular weight excluding hydrogens is 250 g/mol. The fourth-order valence-electron chi connectivity index (χ4n) is 1.35. The third-order valence-electron chi connectivity index (χ3n) is 2.27. The van der Waals surface area contributed by atoms with Crippen LogP contribution in [0, 0.1) is 10.1 Å². The van der Waals surface area contributed by atoms with Crippen molar-refractivity contribution in [1.29, 1.82) is 0 Å². The molecule has 1 aromatic rings. The molecule has 0 aliphatic heterocycles. The Balaban J connectivity index is 3.12. The van der Waals surface area contributed by atoms with E-state index in [2.05, 4.69) is 0 Å². The van der Waals surface area contributed by atoms with Gasteiger partial charge in [-0.1, -0.05) is 0 Å². The Morgan fingerprint density at radius 3 is 2.65 bits per heavy atom. The molecule has 1 aromatic carbocycles. The van der Waals surface area contributed by atoms with Crippen molar-refractivity contribution in [3.8, 4) is 5.75 Å². The van der Waals surface area contributed by atoms with Gasteiger partial charge >= 0.3 is 0 Å². The van der Waals surface area contributed by atoms with Crippen molar-refractivity contribution in [2.75, 3.05) is 13.0 Å². The summed E-state index contributed by atoms with van der Waals surface area (Å²) in [4.78, 5) is 9.98. The number of ether oxygens (including phenoxy) is 1. The topological polar surface area (TPSA) is 92.8 Å². The molecule has 0 amide bonds. The van der Waals surface area contributed by atoms with Crippen LogP contribution < -0.4 is 4.74 Å². The summed E-state index contributed by atoms with van der Waals surface area (Å²) in [5.74, 6) is -0.0164. The lowest BCUT2D eigenvalue weighted by atomic mass is 10.0. The van der Waals surface area contributed by atoms with Crippen LogP contribution in [0.25, 0.3) is 0 Å². The van der Waals surface area contributed by atoms with Crippen LogP contribution in [0.5, 0.6) is 5.75 Å². The van der Waals surface area contributed by atoms with E-state index < -0.39 is 17.1 Å². The number of halogens is 1. The largest absolute Gasteiger partial charge is 0.496 e. The first kappa shape index (κ1) is 13.7. The second-order valence-electron chi connectivity index (χ2n) is 3.35. The monoisotopic (exact) mass is 261 g/mol. The molecule has 0 fully saturated rings. The minimum atomic E-state index is -1.25. The van der Waals surface area contributed by atoms with Gasteiger partial charge in [-0.15, -0.1) is 11.6 Å².